The smallest absolute Gasteiger partial charge is 0.248 e. The van der Waals surface area contributed by atoms with E-state index in [1.807, 2.05) is 38.1 Å². The zero-order chi connectivity index (χ0) is 57.6. The first-order valence-electron chi connectivity index (χ1n) is 27.1. The Morgan fingerprint density at radius 1 is 0.593 bits per heavy atom. The van der Waals surface area contributed by atoms with Gasteiger partial charge in [-0.05, 0) is 171 Å². The minimum absolute atomic E-state index is 0.0720. The summed E-state index contributed by atoms with van der Waals surface area (Å²) < 4.78 is 0. The highest BCUT2D eigenvalue weighted by molar-refractivity contribution is 5.95. The van der Waals surface area contributed by atoms with Crippen LogP contribution < -0.4 is 33.6 Å². The molecule has 2 aromatic heterocycles. The minimum Gasteiger partial charge on any atom is -0.366 e. The number of nitrogens with two attached hydrogens (primary N) is 4. The van der Waals surface area contributed by atoms with Crippen LogP contribution in [0.5, 0.6) is 0 Å². The second kappa shape index (κ2) is 24.0. The van der Waals surface area contributed by atoms with Gasteiger partial charge in [-0.25, -0.2) is 0 Å². The molecule has 4 aromatic carbocycles. The molecule has 6 aromatic rings. The van der Waals surface area contributed by atoms with Crippen molar-refractivity contribution in [2.75, 3.05) is 26.2 Å². The molecule has 24 nitrogen and oxygen atoms in total. The summed E-state index contributed by atoms with van der Waals surface area (Å²) in [7, 11) is 0. The molecule has 2 aliphatic heterocycles. The first-order valence-corrected chi connectivity index (χ1v) is 27.1. The maximum atomic E-state index is 13.1. The number of fused-ring (bicyclic) bond motifs is 4. The first-order chi connectivity index (χ1) is 39.0. The van der Waals surface area contributed by atoms with Crippen LogP contribution in [-0.2, 0) is 46.1 Å². The Bertz CT molecular complexity index is 3330. The van der Waals surface area contributed by atoms with Crippen molar-refractivity contribution in [2.45, 2.75) is 119 Å². The van der Waals surface area contributed by atoms with E-state index in [1.165, 1.54) is 0 Å². The number of carbonyl (C=O) groups excluding carboxylic acids is 6. The van der Waals surface area contributed by atoms with Crippen LogP contribution >= 0.6 is 0 Å². The average Bonchev–Trinajstić information content (AvgIpc) is 4.03. The molecule has 2 fully saturated rings. The van der Waals surface area contributed by atoms with E-state index < -0.39 is 46.5 Å². The number of aromatic nitrogens is 8. The summed E-state index contributed by atoms with van der Waals surface area (Å²) >= 11 is 0. The lowest BCUT2D eigenvalue weighted by molar-refractivity contribution is -0.131. The van der Waals surface area contributed by atoms with Crippen molar-refractivity contribution in [3.63, 3.8) is 0 Å². The largest absolute Gasteiger partial charge is 0.366 e. The monoisotopic (exact) mass is 1100 g/mol. The predicted octanol–water partition coefficient (Wildman–Crippen LogP) is 1.82. The number of hydrogen-bond donors (Lipinski definition) is 8. The number of hydrogen-bond acceptors (Lipinski definition) is 16. The molecule has 6 amide bonds. The van der Waals surface area contributed by atoms with Crippen LogP contribution in [0.4, 0.5) is 0 Å². The zero-order valence-electron chi connectivity index (χ0n) is 45.1. The SMILES string of the molecule is CC[C@H](CC1(c2nn[nH]n2)c2ccc(C(N)=O)cc2CCc2cc(C(N)=O)ccc21)NCC(=O)N1CCC[C@H]1C#N.C[C@H](CC1(c2nn[nH]n2)c2ccc(C(N)=O)cc2CCc2cc(C(N)=O)ccc21)NCC(=O)N1CCC[C@H]1C#N. The average molecular weight is 1100 g/mol. The van der Waals surface area contributed by atoms with E-state index in [4.69, 9.17) is 22.9 Å². The molecule has 10 rings (SSSR count). The second-order valence-electron chi connectivity index (χ2n) is 21.2. The Morgan fingerprint density at radius 2 is 0.951 bits per heavy atom. The van der Waals surface area contributed by atoms with Crippen LogP contribution in [0.15, 0.2) is 72.8 Å². The molecule has 0 unspecified atom stereocenters. The van der Waals surface area contributed by atoms with Crippen molar-refractivity contribution in [2.24, 2.45) is 22.9 Å². The number of aryl methyl sites for hydroxylation is 4. The van der Waals surface area contributed by atoms with Crippen molar-refractivity contribution < 1.29 is 28.8 Å². The quantitative estimate of drug-likeness (QED) is 0.0646. The highest BCUT2D eigenvalue weighted by atomic mass is 16.2. The number of carbonyl (C=O) groups is 6. The second-order valence-corrected chi connectivity index (χ2v) is 21.2. The number of tetrazole rings is 2. The van der Waals surface area contributed by atoms with Crippen LogP contribution in [0.3, 0.4) is 0 Å². The molecule has 4 atom stereocenters. The maximum absolute atomic E-state index is 13.1. The summed E-state index contributed by atoms with van der Waals surface area (Å²) in [6.45, 7) is 5.31. The number of aromatic amines is 2. The molecule has 0 radical (unpaired) electrons. The highest BCUT2D eigenvalue weighted by Crippen LogP contribution is 2.49. The zero-order valence-corrected chi connectivity index (χ0v) is 45.1. The maximum Gasteiger partial charge on any atom is 0.248 e. The van der Waals surface area contributed by atoms with Crippen LogP contribution in [0.1, 0.15) is 156 Å². The molecule has 418 valence electrons. The highest BCUT2D eigenvalue weighted by Gasteiger charge is 2.48. The number of likely N-dealkylation sites (tertiary alicyclic amines) is 2. The number of H-pyrrole nitrogens is 2. The van der Waals surface area contributed by atoms with Crippen molar-refractivity contribution in [3.05, 3.63) is 151 Å². The van der Waals surface area contributed by atoms with Gasteiger partial charge in [0, 0.05) is 47.4 Å². The van der Waals surface area contributed by atoms with Crippen molar-refractivity contribution in [1.82, 2.24) is 61.7 Å². The minimum atomic E-state index is -0.946. The van der Waals surface area contributed by atoms with Gasteiger partial charge in [0.15, 0.2) is 11.6 Å². The normalized spacial score (nSPS) is 18.1. The van der Waals surface area contributed by atoms with Gasteiger partial charge in [-0.3, -0.25) is 28.8 Å². The number of rotatable bonds is 17. The van der Waals surface area contributed by atoms with Gasteiger partial charge in [-0.1, -0.05) is 41.6 Å². The Morgan fingerprint density at radius 3 is 1.27 bits per heavy atom. The van der Waals surface area contributed by atoms with E-state index in [1.54, 1.807) is 58.3 Å². The molecular weight excluding hydrogens is 1030 g/mol. The Labute approximate surface area is 466 Å². The molecule has 2 aliphatic carbocycles. The number of nitrogens with one attached hydrogen (secondary N) is 4. The van der Waals surface area contributed by atoms with E-state index in [-0.39, 0.29) is 37.0 Å². The van der Waals surface area contributed by atoms with Gasteiger partial charge in [-0.15, -0.1) is 20.4 Å². The number of nitrogens with zero attached hydrogens (tertiary/aromatic N) is 10. The van der Waals surface area contributed by atoms with E-state index >= 15 is 0 Å². The van der Waals surface area contributed by atoms with Crippen LogP contribution in [0.25, 0.3) is 0 Å². The van der Waals surface area contributed by atoms with Crippen molar-refractivity contribution >= 4 is 35.4 Å². The summed E-state index contributed by atoms with van der Waals surface area (Å²) in [6, 6.07) is 24.8. The van der Waals surface area contributed by atoms with Crippen molar-refractivity contribution in [1.29, 1.82) is 10.5 Å². The van der Waals surface area contributed by atoms with Gasteiger partial charge < -0.3 is 43.4 Å². The summed E-state index contributed by atoms with van der Waals surface area (Å²) in [6.07, 6.45) is 6.88. The van der Waals surface area contributed by atoms with E-state index in [2.05, 4.69) is 64.0 Å². The van der Waals surface area contributed by atoms with Gasteiger partial charge in [0.2, 0.25) is 35.4 Å². The number of amides is 6. The third kappa shape index (κ3) is 11.2. The van der Waals surface area contributed by atoms with Crippen LogP contribution in [0, 0.1) is 22.7 Å². The first kappa shape index (κ1) is 56.5. The Hall–Kier alpha value is -9.26. The number of primary amides is 4. The lowest BCUT2D eigenvalue weighted by Gasteiger charge is -2.37. The van der Waals surface area contributed by atoms with Crippen molar-refractivity contribution in [3.8, 4) is 12.1 Å². The summed E-state index contributed by atoms with van der Waals surface area (Å²) in [5.41, 5.74) is 29.3. The van der Waals surface area contributed by atoms with Gasteiger partial charge in [0.25, 0.3) is 0 Å². The van der Waals surface area contributed by atoms with E-state index in [0.29, 0.717) is 105 Å². The van der Waals surface area contributed by atoms with Gasteiger partial charge in [-0.2, -0.15) is 21.0 Å². The standard InChI is InChI=1S/C29H33N9O3.C28H31N9O3/c1-2-21(33-16-25(39)38-11-3-4-22(38)15-30)14-29(28-34-36-37-35-28)23-9-7-19(26(31)40)12-17(23)5-6-18-13-20(27(32)41)8-10-24(18)29;1-16(32-15-24(38)37-10-2-3-21(37)14-29)13-28(27-33-35-36-34-27)22-8-6-19(25(30)39)11-17(22)4-5-18-12-20(26(31)40)7-9-23(18)28/h7-10,12-13,21-22,33H,2-6,11,14,16H2,1H3,(H2,31,40)(H2,32,41)(H,34,35,36,37);6-9,11-12,16,21,32H,2-5,10,13,15H2,1H3,(H2,30,39)(H2,31,40)(H,33,34,35,36)/t21-,22+;16-,21+/m11/s1. The fourth-order valence-corrected chi connectivity index (χ4v) is 12.5. The predicted molar refractivity (Wildman–Crippen MR) is 292 cm³/mol. The summed E-state index contributed by atoms with van der Waals surface area (Å²) in [5.74, 6) is -1.51. The molecule has 12 N–H and O–H groups in total. The Kier molecular flexibility index (Phi) is 16.7. The van der Waals surface area contributed by atoms with E-state index in [0.717, 1.165) is 57.3 Å². The Balaban J connectivity index is 0.000000196. The number of benzene rings is 4. The molecule has 81 heavy (non-hydrogen) atoms. The van der Waals surface area contributed by atoms with Crippen LogP contribution in [0.2, 0.25) is 0 Å². The van der Waals surface area contributed by atoms with E-state index in [9.17, 15) is 39.3 Å². The molecule has 4 aliphatic rings. The summed E-state index contributed by atoms with van der Waals surface area (Å²) in [5, 5.41) is 56.3. The molecule has 2 saturated heterocycles. The molecule has 0 saturated carbocycles. The molecule has 24 heteroatoms. The van der Waals surface area contributed by atoms with Gasteiger partial charge >= 0.3 is 0 Å². The lowest BCUT2D eigenvalue weighted by Crippen LogP contribution is -2.46. The number of nitriles is 2. The van der Waals surface area contributed by atoms with Gasteiger partial charge in [0.1, 0.15) is 12.1 Å². The topological polar surface area (TPSA) is 394 Å². The molecule has 4 heterocycles. The lowest BCUT2D eigenvalue weighted by atomic mass is 9.67. The molecule has 0 bridgehead atoms. The third-order valence-electron chi connectivity index (χ3n) is 16.4. The molecular formula is C57H64N18O6. The molecule has 0 spiro atoms. The third-order valence-corrected chi connectivity index (χ3v) is 16.4. The fraction of sp³-hybridized carbons (Fsp3) is 0.404. The van der Waals surface area contributed by atoms with Crippen LogP contribution in [-0.4, -0.2) is 137 Å². The fourth-order valence-electron chi connectivity index (χ4n) is 12.5. The van der Waals surface area contributed by atoms with Gasteiger partial charge in [0.05, 0.1) is 36.1 Å². The summed E-state index contributed by atoms with van der Waals surface area (Å²) in [4.78, 5) is 77.6.